The fourth-order valence-electron chi connectivity index (χ4n) is 2.39. The van der Waals surface area contributed by atoms with Crippen LogP contribution in [0.3, 0.4) is 0 Å². The van der Waals surface area contributed by atoms with E-state index in [0.29, 0.717) is 5.88 Å². The van der Waals surface area contributed by atoms with Gasteiger partial charge in [-0.3, -0.25) is 4.79 Å². The molecular weight excluding hydrogens is 360 g/mol. The van der Waals surface area contributed by atoms with E-state index >= 15 is 0 Å². The number of ether oxygens (including phenoxy) is 1. The zero-order valence-corrected chi connectivity index (χ0v) is 15.6. The standard InChI is InChI=1S/C16H23BrN4O2/c1-11-15(18-10-20(3)4)9-14(17)16(19-11)23-13-5-7-21(8-6-13)12(2)22/h9-10,13H,5-8H2,1-4H3/b18-10+. The molecule has 0 aliphatic carbocycles. The fourth-order valence-corrected chi connectivity index (χ4v) is 2.79. The molecule has 1 aromatic heterocycles. The number of likely N-dealkylation sites (tertiary alicyclic amines) is 1. The minimum absolute atomic E-state index is 0.0879. The van der Waals surface area contributed by atoms with Crippen LogP contribution in [0.2, 0.25) is 0 Å². The predicted octanol–water partition coefficient (Wildman–Crippen LogP) is 2.76. The van der Waals surface area contributed by atoms with Gasteiger partial charge in [0.2, 0.25) is 11.8 Å². The molecule has 7 heteroatoms. The third kappa shape index (κ3) is 4.92. The molecule has 0 saturated carbocycles. The van der Waals surface area contributed by atoms with Gasteiger partial charge in [0.05, 0.1) is 22.2 Å². The Kier molecular flexibility index (Phi) is 5.98. The molecule has 0 atom stereocenters. The van der Waals surface area contributed by atoms with Crippen LogP contribution in [0.25, 0.3) is 0 Å². The highest BCUT2D eigenvalue weighted by molar-refractivity contribution is 9.10. The zero-order chi connectivity index (χ0) is 17.0. The highest BCUT2D eigenvalue weighted by atomic mass is 79.9. The minimum atomic E-state index is 0.0879. The smallest absolute Gasteiger partial charge is 0.228 e. The number of pyridine rings is 1. The van der Waals surface area contributed by atoms with Gasteiger partial charge in [-0.05, 0) is 28.9 Å². The first-order valence-electron chi connectivity index (χ1n) is 7.66. The lowest BCUT2D eigenvalue weighted by Crippen LogP contribution is -2.40. The Morgan fingerprint density at radius 2 is 2.13 bits per heavy atom. The van der Waals surface area contributed by atoms with Crippen LogP contribution in [-0.2, 0) is 4.79 Å². The van der Waals surface area contributed by atoms with Crippen LogP contribution < -0.4 is 4.74 Å². The highest BCUT2D eigenvalue weighted by Gasteiger charge is 2.23. The van der Waals surface area contributed by atoms with Gasteiger partial charge in [-0.1, -0.05) is 0 Å². The van der Waals surface area contributed by atoms with Crippen molar-refractivity contribution in [2.75, 3.05) is 27.2 Å². The van der Waals surface area contributed by atoms with Crippen LogP contribution in [0.4, 0.5) is 5.69 Å². The van der Waals surface area contributed by atoms with Crippen LogP contribution in [0.15, 0.2) is 15.5 Å². The van der Waals surface area contributed by atoms with Gasteiger partial charge in [0.1, 0.15) is 6.10 Å². The Morgan fingerprint density at radius 1 is 1.48 bits per heavy atom. The molecule has 1 aromatic rings. The molecule has 0 unspecified atom stereocenters. The molecule has 0 bridgehead atoms. The van der Waals surface area contributed by atoms with Crippen molar-refractivity contribution >= 4 is 33.9 Å². The monoisotopic (exact) mass is 382 g/mol. The minimum Gasteiger partial charge on any atom is -0.473 e. The van der Waals surface area contributed by atoms with E-state index in [9.17, 15) is 4.79 Å². The summed E-state index contributed by atoms with van der Waals surface area (Å²) in [4.78, 5) is 24.0. The van der Waals surface area contributed by atoms with E-state index in [0.717, 1.165) is 41.8 Å². The van der Waals surface area contributed by atoms with E-state index in [2.05, 4.69) is 25.9 Å². The topological polar surface area (TPSA) is 58.0 Å². The molecule has 6 nitrogen and oxygen atoms in total. The van der Waals surface area contributed by atoms with E-state index in [1.165, 1.54) is 0 Å². The van der Waals surface area contributed by atoms with Crippen LogP contribution in [0, 0.1) is 6.92 Å². The van der Waals surface area contributed by atoms with Crippen molar-refractivity contribution in [3.8, 4) is 5.88 Å². The number of hydrogen-bond donors (Lipinski definition) is 0. The fraction of sp³-hybridized carbons (Fsp3) is 0.562. The van der Waals surface area contributed by atoms with Crippen LogP contribution in [0.1, 0.15) is 25.5 Å². The van der Waals surface area contributed by atoms with Crippen molar-refractivity contribution in [1.29, 1.82) is 0 Å². The van der Waals surface area contributed by atoms with Crippen molar-refractivity contribution in [1.82, 2.24) is 14.8 Å². The van der Waals surface area contributed by atoms with Crippen LogP contribution >= 0.6 is 15.9 Å². The number of aliphatic imine (C=N–C) groups is 1. The van der Waals surface area contributed by atoms with E-state index < -0.39 is 0 Å². The number of hydrogen-bond acceptors (Lipinski definition) is 4. The summed E-state index contributed by atoms with van der Waals surface area (Å²) in [6.07, 6.45) is 3.49. The van der Waals surface area contributed by atoms with E-state index in [1.807, 2.05) is 36.9 Å². The summed E-state index contributed by atoms with van der Waals surface area (Å²) in [5.41, 5.74) is 1.63. The first-order chi connectivity index (χ1) is 10.9. The summed E-state index contributed by atoms with van der Waals surface area (Å²) >= 11 is 3.51. The largest absolute Gasteiger partial charge is 0.473 e. The molecule has 1 aliphatic rings. The number of nitrogens with zero attached hydrogens (tertiary/aromatic N) is 4. The van der Waals surface area contributed by atoms with Gasteiger partial charge in [-0.15, -0.1) is 0 Å². The Labute approximate surface area is 145 Å². The number of amides is 1. The molecule has 126 valence electrons. The van der Waals surface area contributed by atoms with Crippen LogP contribution in [0.5, 0.6) is 5.88 Å². The van der Waals surface area contributed by atoms with E-state index in [-0.39, 0.29) is 12.0 Å². The molecule has 23 heavy (non-hydrogen) atoms. The van der Waals surface area contributed by atoms with Gasteiger partial charge in [0, 0.05) is 47.0 Å². The quantitative estimate of drug-likeness (QED) is 0.593. The molecule has 0 N–H and O–H groups in total. The summed E-state index contributed by atoms with van der Waals surface area (Å²) in [5, 5.41) is 0. The molecule has 2 rings (SSSR count). The third-order valence-corrected chi connectivity index (χ3v) is 4.27. The first-order valence-corrected chi connectivity index (χ1v) is 8.46. The Balaban J connectivity index is 2.04. The molecule has 0 aromatic carbocycles. The van der Waals surface area contributed by atoms with Crippen molar-refractivity contribution in [3.05, 3.63) is 16.2 Å². The second kappa shape index (κ2) is 7.77. The second-order valence-corrected chi connectivity index (χ2v) is 6.77. The lowest BCUT2D eigenvalue weighted by Gasteiger charge is -2.31. The normalized spacial score (nSPS) is 16.0. The lowest BCUT2D eigenvalue weighted by molar-refractivity contribution is -0.130. The molecule has 2 heterocycles. The summed E-state index contributed by atoms with van der Waals surface area (Å²) in [6, 6.07) is 1.92. The molecule has 1 amide bonds. The Hall–Kier alpha value is -1.63. The molecular formula is C16H23BrN4O2. The van der Waals surface area contributed by atoms with Crippen molar-refractivity contribution in [2.24, 2.45) is 4.99 Å². The van der Waals surface area contributed by atoms with Crippen molar-refractivity contribution in [2.45, 2.75) is 32.8 Å². The molecule has 1 saturated heterocycles. The lowest BCUT2D eigenvalue weighted by atomic mass is 10.1. The van der Waals surface area contributed by atoms with Crippen molar-refractivity contribution < 1.29 is 9.53 Å². The number of aromatic nitrogens is 1. The molecule has 0 spiro atoms. The summed E-state index contributed by atoms with van der Waals surface area (Å²) in [7, 11) is 3.85. The Morgan fingerprint density at radius 3 is 2.70 bits per heavy atom. The van der Waals surface area contributed by atoms with Crippen molar-refractivity contribution in [3.63, 3.8) is 0 Å². The van der Waals surface area contributed by atoms with Gasteiger partial charge in [-0.2, -0.15) is 0 Å². The first kappa shape index (κ1) is 17.7. The predicted molar refractivity (Wildman–Crippen MR) is 94.4 cm³/mol. The van der Waals surface area contributed by atoms with Gasteiger partial charge < -0.3 is 14.5 Å². The van der Waals surface area contributed by atoms with E-state index in [1.54, 1.807) is 13.3 Å². The summed E-state index contributed by atoms with van der Waals surface area (Å²) in [6.45, 7) is 5.00. The van der Waals surface area contributed by atoms with Gasteiger partial charge in [0.15, 0.2) is 0 Å². The number of carbonyl (C=O) groups excluding carboxylic acids is 1. The third-order valence-electron chi connectivity index (χ3n) is 3.70. The van der Waals surface area contributed by atoms with Gasteiger partial charge in [0.25, 0.3) is 0 Å². The number of halogens is 1. The summed E-state index contributed by atoms with van der Waals surface area (Å²) in [5.74, 6) is 0.717. The average Bonchev–Trinajstić information content (AvgIpc) is 2.49. The second-order valence-electron chi connectivity index (χ2n) is 5.91. The molecule has 1 aliphatic heterocycles. The zero-order valence-electron chi connectivity index (χ0n) is 14.0. The number of piperidine rings is 1. The highest BCUT2D eigenvalue weighted by Crippen LogP contribution is 2.31. The maximum Gasteiger partial charge on any atom is 0.228 e. The van der Waals surface area contributed by atoms with Crippen LogP contribution in [-0.4, -0.2) is 60.3 Å². The van der Waals surface area contributed by atoms with Gasteiger partial charge >= 0.3 is 0 Å². The maximum absolute atomic E-state index is 11.4. The Bertz CT molecular complexity index is 596. The SMILES string of the molecule is CC(=O)N1CCC(Oc2nc(C)c(/N=C/N(C)C)cc2Br)CC1. The number of aryl methyl sites for hydroxylation is 1. The molecule has 1 fully saturated rings. The van der Waals surface area contributed by atoms with E-state index in [4.69, 9.17) is 4.74 Å². The molecule has 0 radical (unpaired) electrons. The number of carbonyl (C=O) groups is 1. The average molecular weight is 383 g/mol. The maximum atomic E-state index is 11.4. The van der Waals surface area contributed by atoms with Gasteiger partial charge in [-0.25, -0.2) is 9.98 Å². The summed E-state index contributed by atoms with van der Waals surface area (Å²) < 4.78 is 6.81. The number of rotatable bonds is 4.